The van der Waals surface area contributed by atoms with Gasteiger partial charge < -0.3 is 15.5 Å². The van der Waals surface area contributed by atoms with Crippen LogP contribution in [-0.2, 0) is 0 Å². The summed E-state index contributed by atoms with van der Waals surface area (Å²) in [4.78, 5) is 11.7. The Labute approximate surface area is 105 Å². The Morgan fingerprint density at radius 2 is 2.11 bits per heavy atom. The van der Waals surface area contributed by atoms with Crippen LogP contribution in [0.3, 0.4) is 0 Å². The van der Waals surface area contributed by atoms with Gasteiger partial charge in [-0.05, 0) is 31.0 Å². The smallest absolute Gasteiger partial charge is 0.255 e. The number of benzene rings is 1. The normalized spacial score (nSPS) is 14.3. The molecule has 0 aliphatic carbocycles. The van der Waals surface area contributed by atoms with E-state index in [1.807, 2.05) is 13.8 Å². The fourth-order valence-electron chi connectivity index (χ4n) is 1.25. The molecular formula is C13H18FNO3. The second kappa shape index (κ2) is 5.35. The van der Waals surface area contributed by atoms with Gasteiger partial charge in [-0.15, -0.1) is 0 Å². The number of hydrogen-bond donors (Lipinski definition) is 3. The number of nitrogens with one attached hydrogen (secondary N) is 1. The van der Waals surface area contributed by atoms with E-state index in [0.717, 1.165) is 18.2 Å². The highest BCUT2D eigenvalue weighted by Gasteiger charge is 2.26. The Kier molecular flexibility index (Phi) is 4.29. The van der Waals surface area contributed by atoms with Crippen molar-refractivity contribution in [3.8, 4) is 5.75 Å². The number of phenols is 1. The summed E-state index contributed by atoms with van der Waals surface area (Å²) < 4.78 is 13.0. The summed E-state index contributed by atoms with van der Waals surface area (Å²) >= 11 is 0. The average molecular weight is 255 g/mol. The van der Waals surface area contributed by atoms with E-state index in [4.69, 9.17) is 0 Å². The minimum absolute atomic E-state index is 0.0272. The maximum Gasteiger partial charge on any atom is 0.255 e. The molecule has 0 heterocycles. The van der Waals surface area contributed by atoms with E-state index in [-0.39, 0.29) is 23.8 Å². The van der Waals surface area contributed by atoms with Crippen LogP contribution >= 0.6 is 0 Å². The summed E-state index contributed by atoms with van der Waals surface area (Å²) in [7, 11) is 0. The van der Waals surface area contributed by atoms with Crippen molar-refractivity contribution < 1.29 is 19.4 Å². The molecule has 1 amide bonds. The first-order valence-corrected chi connectivity index (χ1v) is 5.73. The lowest BCUT2D eigenvalue weighted by molar-refractivity contribution is 0.0142. The van der Waals surface area contributed by atoms with Gasteiger partial charge in [0.25, 0.3) is 5.91 Å². The molecular weight excluding hydrogens is 237 g/mol. The van der Waals surface area contributed by atoms with E-state index in [9.17, 15) is 19.4 Å². The van der Waals surface area contributed by atoms with Crippen molar-refractivity contribution in [1.82, 2.24) is 5.32 Å². The van der Waals surface area contributed by atoms with Gasteiger partial charge in [-0.1, -0.05) is 13.8 Å². The molecule has 0 saturated carbocycles. The third-order valence-electron chi connectivity index (χ3n) is 3.05. The van der Waals surface area contributed by atoms with E-state index >= 15 is 0 Å². The Bertz CT molecular complexity index is 444. The van der Waals surface area contributed by atoms with E-state index in [1.54, 1.807) is 6.92 Å². The number of phenolic OH excluding ortho intramolecular Hbond substituents is 1. The molecule has 3 N–H and O–H groups in total. The van der Waals surface area contributed by atoms with Crippen LogP contribution in [0.15, 0.2) is 18.2 Å². The number of aromatic hydroxyl groups is 1. The fourth-order valence-corrected chi connectivity index (χ4v) is 1.25. The molecule has 5 heteroatoms. The Morgan fingerprint density at radius 3 is 2.67 bits per heavy atom. The minimum Gasteiger partial charge on any atom is -0.507 e. The molecule has 0 unspecified atom stereocenters. The number of rotatable bonds is 4. The largest absolute Gasteiger partial charge is 0.507 e. The topological polar surface area (TPSA) is 69.6 Å². The highest BCUT2D eigenvalue weighted by Crippen LogP contribution is 2.19. The second-order valence-electron chi connectivity index (χ2n) is 4.86. The summed E-state index contributed by atoms with van der Waals surface area (Å²) in [5.41, 5.74) is -1.20. The van der Waals surface area contributed by atoms with Crippen LogP contribution in [0.1, 0.15) is 31.1 Å². The molecule has 0 aliphatic heterocycles. The van der Waals surface area contributed by atoms with Crippen LogP contribution < -0.4 is 5.32 Å². The maximum atomic E-state index is 13.0. The molecule has 0 radical (unpaired) electrons. The summed E-state index contributed by atoms with van der Waals surface area (Å²) in [6.45, 7) is 5.28. The Morgan fingerprint density at radius 1 is 1.50 bits per heavy atom. The molecule has 100 valence electrons. The second-order valence-corrected chi connectivity index (χ2v) is 4.86. The molecule has 1 aromatic rings. The van der Waals surface area contributed by atoms with Gasteiger partial charge in [0.15, 0.2) is 0 Å². The third-order valence-corrected chi connectivity index (χ3v) is 3.05. The highest BCUT2D eigenvalue weighted by atomic mass is 19.1. The monoisotopic (exact) mass is 255 g/mol. The van der Waals surface area contributed by atoms with Gasteiger partial charge in [0.1, 0.15) is 11.6 Å². The lowest BCUT2D eigenvalue weighted by Crippen LogP contribution is -2.44. The summed E-state index contributed by atoms with van der Waals surface area (Å²) in [5.74, 6) is -1.56. The first kappa shape index (κ1) is 14.4. The standard InChI is InChI=1S/C13H18FNO3/c1-8(2)13(3,18)7-15-12(17)10-6-9(14)4-5-11(10)16/h4-6,8,16,18H,7H2,1-3H3,(H,15,17)/t13-/m1/s1. The van der Waals surface area contributed by atoms with Crippen molar-refractivity contribution in [2.75, 3.05) is 6.54 Å². The molecule has 1 atom stereocenters. The van der Waals surface area contributed by atoms with Crippen molar-refractivity contribution >= 4 is 5.91 Å². The number of carbonyl (C=O) groups excluding carboxylic acids is 1. The van der Waals surface area contributed by atoms with E-state index in [2.05, 4.69) is 5.32 Å². The summed E-state index contributed by atoms with van der Waals surface area (Å²) in [5, 5.41) is 21.9. The molecule has 1 aromatic carbocycles. The van der Waals surface area contributed by atoms with Gasteiger partial charge in [-0.3, -0.25) is 4.79 Å². The van der Waals surface area contributed by atoms with Gasteiger partial charge in [0.2, 0.25) is 0 Å². The van der Waals surface area contributed by atoms with Crippen molar-refractivity contribution in [1.29, 1.82) is 0 Å². The molecule has 0 aliphatic rings. The van der Waals surface area contributed by atoms with Crippen molar-refractivity contribution in [3.05, 3.63) is 29.6 Å². The zero-order valence-electron chi connectivity index (χ0n) is 10.7. The lowest BCUT2D eigenvalue weighted by atomic mass is 9.92. The first-order chi connectivity index (χ1) is 8.24. The summed E-state index contributed by atoms with van der Waals surface area (Å²) in [6.07, 6.45) is 0. The zero-order valence-corrected chi connectivity index (χ0v) is 10.7. The third kappa shape index (κ3) is 3.43. The first-order valence-electron chi connectivity index (χ1n) is 5.73. The van der Waals surface area contributed by atoms with E-state index < -0.39 is 17.3 Å². The fraction of sp³-hybridized carbons (Fsp3) is 0.462. The number of amides is 1. The van der Waals surface area contributed by atoms with Crippen molar-refractivity contribution in [3.63, 3.8) is 0 Å². The number of aliphatic hydroxyl groups is 1. The highest BCUT2D eigenvalue weighted by molar-refractivity contribution is 5.96. The molecule has 0 bridgehead atoms. The van der Waals surface area contributed by atoms with Crippen molar-refractivity contribution in [2.24, 2.45) is 5.92 Å². The van der Waals surface area contributed by atoms with Crippen LogP contribution in [0, 0.1) is 11.7 Å². The molecule has 0 saturated heterocycles. The van der Waals surface area contributed by atoms with Gasteiger partial charge in [0.05, 0.1) is 11.2 Å². The molecule has 1 rings (SSSR count). The molecule has 18 heavy (non-hydrogen) atoms. The number of hydrogen-bond acceptors (Lipinski definition) is 3. The minimum atomic E-state index is -1.06. The molecule has 4 nitrogen and oxygen atoms in total. The lowest BCUT2D eigenvalue weighted by Gasteiger charge is -2.27. The van der Waals surface area contributed by atoms with Crippen LogP contribution in [-0.4, -0.2) is 28.3 Å². The summed E-state index contributed by atoms with van der Waals surface area (Å²) in [6, 6.07) is 3.13. The van der Waals surface area contributed by atoms with Gasteiger partial charge >= 0.3 is 0 Å². The van der Waals surface area contributed by atoms with Crippen LogP contribution in [0.5, 0.6) is 5.75 Å². The van der Waals surface area contributed by atoms with Crippen molar-refractivity contribution in [2.45, 2.75) is 26.4 Å². The number of carbonyl (C=O) groups is 1. The van der Waals surface area contributed by atoms with E-state index in [1.165, 1.54) is 0 Å². The van der Waals surface area contributed by atoms with Crippen LogP contribution in [0.2, 0.25) is 0 Å². The van der Waals surface area contributed by atoms with Gasteiger partial charge in [-0.25, -0.2) is 4.39 Å². The van der Waals surface area contributed by atoms with E-state index in [0.29, 0.717) is 0 Å². The SMILES string of the molecule is CC(C)[C@](C)(O)CNC(=O)c1cc(F)ccc1O. The predicted molar refractivity (Wildman–Crippen MR) is 65.9 cm³/mol. The molecule has 0 spiro atoms. The molecule has 0 aromatic heterocycles. The Balaban J connectivity index is 2.75. The van der Waals surface area contributed by atoms with Gasteiger partial charge in [-0.2, -0.15) is 0 Å². The molecule has 0 fully saturated rings. The van der Waals surface area contributed by atoms with Crippen LogP contribution in [0.25, 0.3) is 0 Å². The maximum absolute atomic E-state index is 13.0. The van der Waals surface area contributed by atoms with Crippen LogP contribution in [0.4, 0.5) is 4.39 Å². The zero-order chi connectivity index (χ0) is 13.9. The average Bonchev–Trinajstić information content (AvgIpc) is 2.29. The van der Waals surface area contributed by atoms with Gasteiger partial charge in [0, 0.05) is 6.54 Å². The quantitative estimate of drug-likeness (QED) is 0.766. The predicted octanol–water partition coefficient (Wildman–Crippen LogP) is 1.67. The number of halogens is 1. The Hall–Kier alpha value is -1.62.